The van der Waals surface area contributed by atoms with E-state index in [1.807, 2.05) is 29.1 Å². The van der Waals surface area contributed by atoms with Crippen LogP contribution in [0, 0.1) is 6.92 Å². The van der Waals surface area contributed by atoms with Gasteiger partial charge in [-0.2, -0.15) is 13.2 Å². The van der Waals surface area contributed by atoms with Crippen LogP contribution >= 0.6 is 11.3 Å². The second kappa shape index (κ2) is 7.04. The van der Waals surface area contributed by atoms with E-state index in [9.17, 15) is 18.0 Å². The number of thiazole rings is 1. The zero-order valence-corrected chi connectivity index (χ0v) is 15.6. The average molecular weight is 411 g/mol. The number of hydrogen-bond donors (Lipinski definition) is 0. The van der Waals surface area contributed by atoms with E-state index >= 15 is 0 Å². The molecule has 0 saturated carbocycles. The number of carbonyl (C=O) groups is 1. The van der Waals surface area contributed by atoms with Gasteiger partial charge in [-0.25, -0.2) is 4.98 Å². The lowest BCUT2D eigenvalue weighted by Crippen LogP contribution is -2.39. The Morgan fingerprint density at radius 2 is 2.04 bits per heavy atom. The third-order valence-electron chi connectivity index (χ3n) is 4.55. The molecule has 1 atom stereocenters. The first-order chi connectivity index (χ1) is 13.3. The SMILES string of the molecule is Cc1nc(-n2cccc2)sc1C(=O)N1CCCC(c2nnc(C(F)(F)F)o2)C1. The summed E-state index contributed by atoms with van der Waals surface area (Å²) >= 11 is 1.28. The maximum absolute atomic E-state index is 13.0. The highest BCUT2D eigenvalue weighted by Crippen LogP contribution is 2.33. The summed E-state index contributed by atoms with van der Waals surface area (Å²) in [6.07, 6.45) is 0.237. The van der Waals surface area contributed by atoms with Crippen LogP contribution in [0.1, 0.15) is 45.9 Å². The number of carbonyl (C=O) groups excluding carboxylic acids is 1. The Labute approximate surface area is 161 Å². The quantitative estimate of drug-likeness (QED) is 0.657. The normalized spacial score (nSPS) is 17.9. The van der Waals surface area contributed by atoms with Gasteiger partial charge in [0, 0.05) is 25.5 Å². The Kier molecular flexibility index (Phi) is 4.69. The minimum Gasteiger partial charge on any atom is -0.417 e. The van der Waals surface area contributed by atoms with Gasteiger partial charge in [0.2, 0.25) is 5.89 Å². The van der Waals surface area contributed by atoms with Crippen molar-refractivity contribution in [2.45, 2.75) is 31.9 Å². The van der Waals surface area contributed by atoms with E-state index in [4.69, 9.17) is 4.42 Å². The molecule has 3 aromatic heterocycles. The molecule has 0 radical (unpaired) electrons. The van der Waals surface area contributed by atoms with E-state index in [0.29, 0.717) is 35.1 Å². The van der Waals surface area contributed by atoms with E-state index < -0.39 is 18.0 Å². The smallest absolute Gasteiger partial charge is 0.417 e. The number of piperidine rings is 1. The molecule has 11 heteroatoms. The van der Waals surface area contributed by atoms with Crippen LogP contribution in [0.15, 0.2) is 28.9 Å². The molecule has 0 aliphatic carbocycles. The zero-order valence-electron chi connectivity index (χ0n) is 14.8. The van der Waals surface area contributed by atoms with Gasteiger partial charge in [-0.15, -0.1) is 10.2 Å². The van der Waals surface area contributed by atoms with Gasteiger partial charge in [-0.05, 0) is 31.9 Å². The number of likely N-dealkylation sites (tertiary alicyclic amines) is 1. The highest BCUT2D eigenvalue weighted by Gasteiger charge is 2.39. The fraction of sp³-hybridized carbons (Fsp3) is 0.412. The lowest BCUT2D eigenvalue weighted by Gasteiger charge is -2.30. The van der Waals surface area contributed by atoms with Crippen molar-refractivity contribution in [2.24, 2.45) is 0 Å². The van der Waals surface area contributed by atoms with Gasteiger partial charge in [-0.1, -0.05) is 11.3 Å². The summed E-state index contributed by atoms with van der Waals surface area (Å²) in [5, 5.41) is 7.31. The Balaban J connectivity index is 1.52. The number of aromatic nitrogens is 4. The highest BCUT2D eigenvalue weighted by atomic mass is 32.1. The van der Waals surface area contributed by atoms with Crippen LogP contribution in [0.25, 0.3) is 5.13 Å². The number of nitrogens with zero attached hydrogens (tertiary/aromatic N) is 5. The summed E-state index contributed by atoms with van der Waals surface area (Å²) in [6, 6.07) is 3.74. The van der Waals surface area contributed by atoms with Crippen molar-refractivity contribution in [1.82, 2.24) is 24.6 Å². The molecule has 0 N–H and O–H groups in total. The third-order valence-corrected chi connectivity index (χ3v) is 5.70. The third kappa shape index (κ3) is 3.53. The molecule has 0 spiro atoms. The maximum atomic E-state index is 13.0. The molecule has 4 rings (SSSR count). The largest absolute Gasteiger partial charge is 0.470 e. The average Bonchev–Trinajstić information content (AvgIpc) is 3.40. The van der Waals surface area contributed by atoms with Gasteiger partial charge in [0.1, 0.15) is 4.88 Å². The van der Waals surface area contributed by atoms with E-state index in [1.54, 1.807) is 11.8 Å². The summed E-state index contributed by atoms with van der Waals surface area (Å²) in [5.41, 5.74) is 0.623. The molecular weight excluding hydrogens is 395 g/mol. The predicted octanol–water partition coefficient (Wildman–Crippen LogP) is 3.66. The molecular formula is C17H16F3N5O2S. The standard InChI is InChI=1S/C17H16F3N5O2S/c1-10-12(28-16(21-10)24-6-2-3-7-24)14(26)25-8-4-5-11(9-25)13-22-23-15(27-13)17(18,19)20/h2-3,6-7,11H,4-5,8-9H2,1H3. The van der Waals surface area contributed by atoms with Crippen LogP contribution in [-0.2, 0) is 6.18 Å². The summed E-state index contributed by atoms with van der Waals surface area (Å²) in [5.74, 6) is -2.05. The fourth-order valence-electron chi connectivity index (χ4n) is 3.17. The van der Waals surface area contributed by atoms with Crippen LogP contribution < -0.4 is 0 Å². The molecule has 1 aliphatic heterocycles. The zero-order chi connectivity index (χ0) is 19.9. The van der Waals surface area contributed by atoms with E-state index in [-0.39, 0.29) is 18.3 Å². The summed E-state index contributed by atoms with van der Waals surface area (Å²) in [7, 11) is 0. The van der Waals surface area contributed by atoms with Crippen molar-refractivity contribution in [3.05, 3.63) is 46.9 Å². The molecule has 1 unspecified atom stereocenters. The Morgan fingerprint density at radius 1 is 1.29 bits per heavy atom. The van der Waals surface area contributed by atoms with Crippen molar-refractivity contribution in [3.63, 3.8) is 0 Å². The summed E-state index contributed by atoms with van der Waals surface area (Å²) < 4.78 is 44.7. The molecule has 1 amide bonds. The summed E-state index contributed by atoms with van der Waals surface area (Å²) in [6.45, 7) is 2.52. The first-order valence-electron chi connectivity index (χ1n) is 8.63. The number of halogens is 3. The van der Waals surface area contributed by atoms with Crippen LogP contribution in [0.3, 0.4) is 0 Å². The van der Waals surface area contributed by atoms with Gasteiger partial charge in [0.05, 0.1) is 11.6 Å². The van der Waals surface area contributed by atoms with Gasteiger partial charge in [0.25, 0.3) is 5.91 Å². The topological polar surface area (TPSA) is 77.1 Å². The van der Waals surface area contributed by atoms with Crippen molar-refractivity contribution in [3.8, 4) is 5.13 Å². The molecule has 4 heterocycles. The van der Waals surface area contributed by atoms with Gasteiger partial charge < -0.3 is 13.9 Å². The molecule has 0 bridgehead atoms. The van der Waals surface area contributed by atoms with E-state index in [0.717, 1.165) is 0 Å². The van der Waals surface area contributed by atoms with E-state index in [1.165, 1.54) is 11.3 Å². The second-order valence-corrected chi connectivity index (χ2v) is 7.51. The molecule has 1 saturated heterocycles. The maximum Gasteiger partial charge on any atom is 0.470 e. The Hall–Kier alpha value is -2.69. The fourth-order valence-corrected chi connectivity index (χ4v) is 4.18. The Morgan fingerprint density at radius 3 is 2.71 bits per heavy atom. The van der Waals surface area contributed by atoms with Crippen LogP contribution in [0.4, 0.5) is 13.2 Å². The number of hydrogen-bond acceptors (Lipinski definition) is 6. The molecule has 3 aromatic rings. The lowest BCUT2D eigenvalue weighted by atomic mass is 9.98. The first-order valence-corrected chi connectivity index (χ1v) is 9.45. The number of alkyl halides is 3. The molecule has 0 aromatic carbocycles. The van der Waals surface area contributed by atoms with Crippen molar-refractivity contribution < 1.29 is 22.4 Å². The Bertz CT molecular complexity index is 979. The van der Waals surface area contributed by atoms with Crippen molar-refractivity contribution in [1.29, 1.82) is 0 Å². The van der Waals surface area contributed by atoms with Crippen LogP contribution in [-0.4, -0.2) is 43.6 Å². The molecule has 28 heavy (non-hydrogen) atoms. The minimum atomic E-state index is -4.68. The molecule has 7 nitrogen and oxygen atoms in total. The number of rotatable bonds is 3. The molecule has 1 fully saturated rings. The minimum absolute atomic E-state index is 0.0844. The van der Waals surface area contributed by atoms with Gasteiger partial charge in [0.15, 0.2) is 5.13 Å². The van der Waals surface area contributed by atoms with Crippen molar-refractivity contribution >= 4 is 17.2 Å². The van der Waals surface area contributed by atoms with Crippen LogP contribution in [0.5, 0.6) is 0 Å². The molecule has 1 aliphatic rings. The first kappa shape index (κ1) is 18.7. The van der Waals surface area contributed by atoms with Crippen molar-refractivity contribution in [2.75, 3.05) is 13.1 Å². The molecule has 148 valence electrons. The predicted molar refractivity (Wildman–Crippen MR) is 93.4 cm³/mol. The van der Waals surface area contributed by atoms with Gasteiger partial charge in [-0.3, -0.25) is 4.79 Å². The highest BCUT2D eigenvalue weighted by molar-refractivity contribution is 7.16. The van der Waals surface area contributed by atoms with Gasteiger partial charge >= 0.3 is 12.1 Å². The number of aryl methyl sites for hydroxylation is 1. The summed E-state index contributed by atoms with van der Waals surface area (Å²) in [4.78, 5) is 19.6. The second-order valence-electron chi connectivity index (χ2n) is 6.53. The number of amides is 1. The monoisotopic (exact) mass is 411 g/mol. The lowest BCUT2D eigenvalue weighted by molar-refractivity contribution is -0.157. The van der Waals surface area contributed by atoms with Crippen LogP contribution in [0.2, 0.25) is 0 Å². The van der Waals surface area contributed by atoms with E-state index in [2.05, 4.69) is 15.2 Å².